The fraction of sp³-hybridized carbons (Fsp3) is 0.273. The number of rotatable bonds is 7. The van der Waals surface area contributed by atoms with Gasteiger partial charge in [0.25, 0.3) is 0 Å². The van der Waals surface area contributed by atoms with Gasteiger partial charge < -0.3 is 10.2 Å². The van der Waals surface area contributed by atoms with E-state index in [2.05, 4.69) is 15.5 Å². The van der Waals surface area contributed by atoms with Crippen molar-refractivity contribution in [3.05, 3.63) is 65.2 Å². The maximum atomic E-state index is 12.5. The van der Waals surface area contributed by atoms with Crippen LogP contribution in [-0.2, 0) is 19.4 Å². The number of sulfone groups is 1. The van der Waals surface area contributed by atoms with Gasteiger partial charge in [0.2, 0.25) is 16.9 Å². The molecule has 0 bridgehead atoms. The number of aryl methyl sites for hydroxylation is 1. The Morgan fingerprint density at radius 3 is 2.56 bits per heavy atom. The van der Waals surface area contributed by atoms with Crippen molar-refractivity contribution in [2.45, 2.75) is 30.6 Å². The first-order chi connectivity index (χ1) is 15.3. The largest absolute Gasteiger partial charge is 0.312 e. The summed E-state index contributed by atoms with van der Waals surface area (Å²) in [6, 6.07) is 15.8. The van der Waals surface area contributed by atoms with Gasteiger partial charge in [-0.15, -0.1) is 10.2 Å². The van der Waals surface area contributed by atoms with Crippen molar-refractivity contribution in [1.82, 2.24) is 10.2 Å². The van der Waals surface area contributed by atoms with Gasteiger partial charge in [-0.2, -0.15) is 0 Å². The van der Waals surface area contributed by atoms with Crippen LogP contribution in [-0.4, -0.2) is 42.7 Å². The summed E-state index contributed by atoms with van der Waals surface area (Å²) in [4.78, 5) is 26.6. The number of amides is 2. The molecule has 166 valence electrons. The van der Waals surface area contributed by atoms with Crippen molar-refractivity contribution in [2.24, 2.45) is 0 Å². The van der Waals surface area contributed by atoms with Crippen LogP contribution >= 0.6 is 11.3 Å². The Bertz CT molecular complexity index is 1220. The third-order valence-electron chi connectivity index (χ3n) is 5.21. The summed E-state index contributed by atoms with van der Waals surface area (Å²) in [5, 5.41) is 11.7. The average molecular weight is 471 g/mol. The molecular weight excluding hydrogens is 448 g/mol. The molecule has 1 aliphatic heterocycles. The molecule has 4 rings (SSSR count). The summed E-state index contributed by atoms with van der Waals surface area (Å²) in [5.41, 5.74) is 1.97. The first-order valence-corrected chi connectivity index (χ1v) is 12.6. The molecule has 10 heteroatoms. The van der Waals surface area contributed by atoms with Crippen LogP contribution in [0.1, 0.15) is 29.3 Å². The second-order valence-electron chi connectivity index (χ2n) is 7.62. The highest BCUT2D eigenvalue weighted by molar-refractivity contribution is 7.91. The Hall–Kier alpha value is -3.11. The standard InChI is InChI=1S/C22H22N4O4S2/c1-15-7-9-17(10-8-15)26-14-16(13-20(26)28)21-24-25-22(31-21)23-19(27)11-12-32(29,30)18-5-3-2-4-6-18/h2-10,16H,11-14H2,1H3,(H,23,25,27)/t16-/m1/s1. The first kappa shape index (κ1) is 22.1. The van der Waals surface area contributed by atoms with Crippen molar-refractivity contribution < 1.29 is 18.0 Å². The molecular formula is C22H22N4O4S2. The Morgan fingerprint density at radius 2 is 1.84 bits per heavy atom. The lowest BCUT2D eigenvalue weighted by molar-refractivity contribution is -0.117. The third-order valence-corrected chi connectivity index (χ3v) is 7.94. The van der Waals surface area contributed by atoms with Gasteiger partial charge in [-0.05, 0) is 31.2 Å². The summed E-state index contributed by atoms with van der Waals surface area (Å²) in [5.74, 6) is -0.830. The van der Waals surface area contributed by atoms with E-state index >= 15 is 0 Å². The van der Waals surface area contributed by atoms with Gasteiger partial charge in [0, 0.05) is 31.0 Å². The van der Waals surface area contributed by atoms with E-state index in [1.165, 1.54) is 23.5 Å². The van der Waals surface area contributed by atoms with Crippen LogP contribution in [0, 0.1) is 6.92 Å². The third kappa shape index (κ3) is 5.03. The second-order valence-corrected chi connectivity index (χ2v) is 10.7. The monoisotopic (exact) mass is 470 g/mol. The van der Waals surface area contributed by atoms with Crippen molar-refractivity contribution in [3.63, 3.8) is 0 Å². The number of anilines is 2. The van der Waals surface area contributed by atoms with Gasteiger partial charge in [-0.3, -0.25) is 9.59 Å². The lowest BCUT2D eigenvalue weighted by atomic mass is 10.1. The predicted molar refractivity (Wildman–Crippen MR) is 123 cm³/mol. The van der Waals surface area contributed by atoms with E-state index in [0.29, 0.717) is 23.1 Å². The SMILES string of the molecule is Cc1ccc(N2C[C@H](c3nnc(NC(=O)CCS(=O)(=O)c4ccccc4)s3)CC2=O)cc1. The molecule has 3 aromatic rings. The summed E-state index contributed by atoms with van der Waals surface area (Å²) in [6.07, 6.45) is 0.140. The van der Waals surface area contributed by atoms with Crippen LogP contribution in [0.3, 0.4) is 0 Å². The Kier molecular flexibility index (Phi) is 6.33. The predicted octanol–water partition coefficient (Wildman–Crippen LogP) is 3.17. The number of aromatic nitrogens is 2. The Labute approximate surface area is 190 Å². The number of benzene rings is 2. The highest BCUT2D eigenvalue weighted by Crippen LogP contribution is 2.34. The molecule has 0 aliphatic carbocycles. The highest BCUT2D eigenvalue weighted by Gasteiger charge is 2.34. The van der Waals surface area contributed by atoms with E-state index in [1.807, 2.05) is 31.2 Å². The number of hydrogen-bond donors (Lipinski definition) is 1. The maximum absolute atomic E-state index is 12.5. The van der Waals surface area contributed by atoms with E-state index < -0.39 is 15.7 Å². The van der Waals surface area contributed by atoms with Crippen LogP contribution in [0.4, 0.5) is 10.8 Å². The summed E-state index contributed by atoms with van der Waals surface area (Å²) >= 11 is 1.21. The normalized spacial score (nSPS) is 16.3. The van der Waals surface area contributed by atoms with E-state index in [-0.39, 0.29) is 28.9 Å². The number of hydrogen-bond acceptors (Lipinski definition) is 7. The van der Waals surface area contributed by atoms with Crippen LogP contribution < -0.4 is 10.2 Å². The van der Waals surface area contributed by atoms with Crippen LogP contribution in [0.2, 0.25) is 0 Å². The summed E-state index contributed by atoms with van der Waals surface area (Å²) < 4.78 is 24.6. The van der Waals surface area contributed by atoms with Crippen molar-refractivity contribution in [1.29, 1.82) is 0 Å². The lowest BCUT2D eigenvalue weighted by Crippen LogP contribution is -2.24. The number of nitrogens with one attached hydrogen (secondary N) is 1. The minimum Gasteiger partial charge on any atom is -0.312 e. The fourth-order valence-corrected chi connectivity index (χ4v) is 5.56. The van der Waals surface area contributed by atoms with Crippen LogP contribution in [0.5, 0.6) is 0 Å². The molecule has 2 aromatic carbocycles. The maximum Gasteiger partial charge on any atom is 0.227 e. The zero-order valence-electron chi connectivity index (χ0n) is 17.4. The van der Waals surface area contributed by atoms with Gasteiger partial charge in [-0.25, -0.2) is 8.42 Å². The smallest absolute Gasteiger partial charge is 0.227 e. The van der Waals surface area contributed by atoms with Gasteiger partial charge in [0.1, 0.15) is 5.01 Å². The minimum absolute atomic E-state index is 0.0192. The second kappa shape index (κ2) is 9.17. The molecule has 2 amide bonds. The lowest BCUT2D eigenvalue weighted by Gasteiger charge is -2.16. The molecule has 1 atom stereocenters. The average Bonchev–Trinajstić information content (AvgIpc) is 3.40. The van der Waals surface area contributed by atoms with E-state index in [0.717, 1.165) is 11.3 Å². The molecule has 0 radical (unpaired) electrons. The number of carbonyl (C=O) groups excluding carboxylic acids is 2. The van der Waals surface area contributed by atoms with Gasteiger partial charge in [-0.1, -0.05) is 47.2 Å². The zero-order valence-corrected chi connectivity index (χ0v) is 19.0. The summed E-state index contributed by atoms with van der Waals surface area (Å²) in [7, 11) is -3.53. The first-order valence-electron chi connectivity index (χ1n) is 10.1. The molecule has 1 saturated heterocycles. The molecule has 8 nitrogen and oxygen atoms in total. The quantitative estimate of drug-likeness (QED) is 0.568. The Balaban J connectivity index is 1.34. The van der Waals surface area contributed by atoms with Crippen LogP contribution in [0.15, 0.2) is 59.5 Å². The number of carbonyl (C=O) groups is 2. The fourth-order valence-electron chi connectivity index (χ4n) is 3.45. The van der Waals surface area contributed by atoms with Crippen LogP contribution in [0.25, 0.3) is 0 Å². The van der Waals surface area contributed by atoms with Crippen molar-refractivity contribution in [2.75, 3.05) is 22.5 Å². The molecule has 0 spiro atoms. The van der Waals surface area contributed by atoms with Gasteiger partial charge in [0.15, 0.2) is 9.84 Å². The minimum atomic E-state index is -3.53. The molecule has 32 heavy (non-hydrogen) atoms. The molecule has 1 fully saturated rings. The van der Waals surface area contributed by atoms with Gasteiger partial charge >= 0.3 is 0 Å². The molecule has 1 N–H and O–H groups in total. The molecule has 0 unspecified atom stereocenters. The van der Waals surface area contributed by atoms with E-state index in [1.54, 1.807) is 23.1 Å². The van der Waals surface area contributed by atoms with Crippen molar-refractivity contribution >= 4 is 43.8 Å². The van der Waals surface area contributed by atoms with E-state index in [4.69, 9.17) is 0 Å². The van der Waals surface area contributed by atoms with Crippen molar-refractivity contribution in [3.8, 4) is 0 Å². The highest BCUT2D eigenvalue weighted by atomic mass is 32.2. The molecule has 1 aromatic heterocycles. The summed E-state index contributed by atoms with van der Waals surface area (Å²) in [6.45, 7) is 2.49. The van der Waals surface area contributed by atoms with Gasteiger partial charge in [0.05, 0.1) is 10.6 Å². The zero-order chi connectivity index (χ0) is 22.7. The topological polar surface area (TPSA) is 109 Å². The number of nitrogens with zero attached hydrogens (tertiary/aromatic N) is 3. The van der Waals surface area contributed by atoms with E-state index in [9.17, 15) is 18.0 Å². The molecule has 0 saturated carbocycles. The molecule has 1 aliphatic rings. The molecule has 2 heterocycles. The Morgan fingerprint density at radius 1 is 1.12 bits per heavy atom.